The molecular formula is C12H20O4. The van der Waals surface area contributed by atoms with E-state index in [-0.39, 0.29) is 18.4 Å². The molecule has 4 heteroatoms. The van der Waals surface area contributed by atoms with Crippen molar-refractivity contribution in [1.29, 1.82) is 0 Å². The van der Waals surface area contributed by atoms with Gasteiger partial charge in [0.1, 0.15) is 0 Å². The number of allylic oxidation sites excluding steroid dienone is 2. The molecule has 16 heavy (non-hydrogen) atoms. The molecule has 1 fully saturated rings. The zero-order valence-electron chi connectivity index (χ0n) is 9.38. The van der Waals surface area contributed by atoms with E-state index >= 15 is 0 Å². The van der Waals surface area contributed by atoms with Crippen LogP contribution in [0.2, 0.25) is 0 Å². The molecule has 92 valence electrons. The second-order valence-corrected chi connectivity index (χ2v) is 4.45. The van der Waals surface area contributed by atoms with E-state index in [1.165, 1.54) is 0 Å². The first-order valence-electron chi connectivity index (χ1n) is 5.82. The number of carbonyl (C=O) groups is 1. The van der Waals surface area contributed by atoms with Crippen LogP contribution in [-0.4, -0.2) is 33.5 Å². The fraction of sp³-hybridized carbons (Fsp3) is 0.750. The third-order valence-electron chi connectivity index (χ3n) is 3.00. The van der Waals surface area contributed by atoms with E-state index in [2.05, 4.69) is 0 Å². The Morgan fingerprint density at radius 1 is 1.25 bits per heavy atom. The van der Waals surface area contributed by atoms with Gasteiger partial charge in [-0.1, -0.05) is 12.2 Å². The van der Waals surface area contributed by atoms with E-state index in [0.717, 1.165) is 12.8 Å². The molecular weight excluding hydrogens is 208 g/mol. The van der Waals surface area contributed by atoms with Gasteiger partial charge in [0.2, 0.25) is 0 Å². The summed E-state index contributed by atoms with van der Waals surface area (Å²) in [6, 6.07) is 0. The fourth-order valence-electron chi connectivity index (χ4n) is 2.09. The van der Waals surface area contributed by atoms with Gasteiger partial charge in [-0.25, -0.2) is 0 Å². The standard InChI is InChI=1S/C12H20O4/c13-10-7-9(11(14)8-10)5-3-1-2-4-6-12(15)16/h1,3,9-11,13-14H,2,4-8H2,(H,15,16)/b3-1-/t9-,10+,11+/m1/s1. The van der Waals surface area contributed by atoms with E-state index in [4.69, 9.17) is 5.11 Å². The zero-order valence-corrected chi connectivity index (χ0v) is 9.38. The van der Waals surface area contributed by atoms with Gasteiger partial charge in [0, 0.05) is 6.42 Å². The smallest absolute Gasteiger partial charge is 0.303 e. The minimum absolute atomic E-state index is 0.158. The van der Waals surface area contributed by atoms with Crippen LogP contribution in [-0.2, 0) is 4.79 Å². The molecule has 3 N–H and O–H groups in total. The Morgan fingerprint density at radius 2 is 2.00 bits per heavy atom. The molecule has 0 saturated heterocycles. The average Bonchev–Trinajstić information content (AvgIpc) is 2.50. The van der Waals surface area contributed by atoms with Crippen LogP contribution in [0, 0.1) is 5.92 Å². The number of aliphatic hydroxyl groups is 2. The van der Waals surface area contributed by atoms with Crippen molar-refractivity contribution in [3.8, 4) is 0 Å². The molecule has 0 aliphatic heterocycles. The normalized spacial score (nSPS) is 30.0. The molecule has 0 aromatic heterocycles. The van der Waals surface area contributed by atoms with Gasteiger partial charge < -0.3 is 15.3 Å². The van der Waals surface area contributed by atoms with Crippen LogP contribution in [0.15, 0.2) is 12.2 Å². The highest BCUT2D eigenvalue weighted by Gasteiger charge is 2.30. The molecule has 0 bridgehead atoms. The van der Waals surface area contributed by atoms with Gasteiger partial charge in [0.25, 0.3) is 0 Å². The predicted octanol–water partition coefficient (Wildman–Crippen LogP) is 1.32. The highest BCUT2D eigenvalue weighted by molar-refractivity contribution is 5.66. The summed E-state index contributed by atoms with van der Waals surface area (Å²) in [6.07, 6.45) is 6.73. The number of carboxylic acid groups (broad SMARTS) is 1. The van der Waals surface area contributed by atoms with Crippen LogP contribution in [0.5, 0.6) is 0 Å². The lowest BCUT2D eigenvalue weighted by Crippen LogP contribution is -2.11. The Hall–Kier alpha value is -0.870. The fourth-order valence-corrected chi connectivity index (χ4v) is 2.09. The summed E-state index contributed by atoms with van der Waals surface area (Å²) in [7, 11) is 0. The summed E-state index contributed by atoms with van der Waals surface area (Å²) in [6.45, 7) is 0. The minimum atomic E-state index is -0.761. The number of aliphatic carboxylic acids is 1. The molecule has 1 aliphatic rings. The third kappa shape index (κ3) is 4.77. The summed E-state index contributed by atoms with van der Waals surface area (Å²) in [5, 5.41) is 27.3. The molecule has 4 nitrogen and oxygen atoms in total. The van der Waals surface area contributed by atoms with Crippen LogP contribution in [0.25, 0.3) is 0 Å². The molecule has 0 amide bonds. The summed E-state index contributed by atoms with van der Waals surface area (Å²) < 4.78 is 0. The maximum absolute atomic E-state index is 10.2. The predicted molar refractivity (Wildman–Crippen MR) is 60.0 cm³/mol. The quantitative estimate of drug-likeness (QED) is 0.473. The second kappa shape index (κ2) is 6.66. The molecule has 0 spiro atoms. The van der Waals surface area contributed by atoms with Gasteiger partial charge in [0.05, 0.1) is 12.2 Å². The van der Waals surface area contributed by atoms with Crippen molar-refractivity contribution in [2.45, 2.75) is 50.7 Å². The average molecular weight is 228 g/mol. The Bertz CT molecular complexity index is 249. The van der Waals surface area contributed by atoms with E-state index < -0.39 is 12.1 Å². The number of unbranched alkanes of at least 4 members (excludes halogenated alkanes) is 1. The van der Waals surface area contributed by atoms with Crippen molar-refractivity contribution in [2.75, 3.05) is 0 Å². The molecule has 3 atom stereocenters. The summed E-state index contributed by atoms with van der Waals surface area (Å²) in [5.41, 5.74) is 0. The van der Waals surface area contributed by atoms with Crippen molar-refractivity contribution in [1.82, 2.24) is 0 Å². The molecule has 0 aromatic rings. The van der Waals surface area contributed by atoms with Crippen molar-refractivity contribution < 1.29 is 20.1 Å². The van der Waals surface area contributed by atoms with E-state index in [9.17, 15) is 15.0 Å². The molecule has 1 rings (SSSR count). The molecule has 0 aromatic carbocycles. The maximum atomic E-state index is 10.2. The van der Waals surface area contributed by atoms with Crippen LogP contribution in [0.1, 0.15) is 38.5 Å². The number of aliphatic hydroxyl groups excluding tert-OH is 2. The highest BCUT2D eigenvalue weighted by Crippen LogP contribution is 2.28. The van der Waals surface area contributed by atoms with Crippen molar-refractivity contribution in [3.63, 3.8) is 0 Å². The van der Waals surface area contributed by atoms with Crippen molar-refractivity contribution >= 4 is 5.97 Å². The first-order chi connectivity index (χ1) is 7.59. The van der Waals surface area contributed by atoms with Crippen LogP contribution >= 0.6 is 0 Å². The van der Waals surface area contributed by atoms with Gasteiger partial charge in [-0.2, -0.15) is 0 Å². The second-order valence-electron chi connectivity index (χ2n) is 4.45. The Morgan fingerprint density at radius 3 is 2.56 bits per heavy atom. The SMILES string of the molecule is O=C(O)CCC/C=C\C[C@@H]1C[C@H](O)C[C@@H]1O. The molecule has 0 unspecified atom stereocenters. The Balaban J connectivity index is 2.10. The van der Waals surface area contributed by atoms with Crippen LogP contribution in [0.3, 0.4) is 0 Å². The summed E-state index contributed by atoms with van der Waals surface area (Å²) in [4.78, 5) is 10.2. The van der Waals surface area contributed by atoms with Crippen molar-refractivity contribution in [3.05, 3.63) is 12.2 Å². The lowest BCUT2D eigenvalue weighted by Gasteiger charge is -2.10. The van der Waals surface area contributed by atoms with E-state index in [1.54, 1.807) is 0 Å². The lowest BCUT2D eigenvalue weighted by atomic mass is 10.0. The van der Waals surface area contributed by atoms with E-state index in [1.807, 2.05) is 12.2 Å². The van der Waals surface area contributed by atoms with Crippen LogP contribution in [0.4, 0.5) is 0 Å². The van der Waals surface area contributed by atoms with Crippen LogP contribution < -0.4 is 0 Å². The third-order valence-corrected chi connectivity index (χ3v) is 3.00. The Kier molecular flexibility index (Phi) is 5.49. The first-order valence-corrected chi connectivity index (χ1v) is 5.82. The number of carboxylic acids is 1. The lowest BCUT2D eigenvalue weighted by molar-refractivity contribution is -0.137. The van der Waals surface area contributed by atoms with Gasteiger partial charge in [-0.15, -0.1) is 0 Å². The molecule has 1 saturated carbocycles. The van der Waals surface area contributed by atoms with Gasteiger partial charge in [-0.05, 0) is 38.0 Å². The number of hydrogen-bond acceptors (Lipinski definition) is 3. The number of rotatable bonds is 6. The molecule has 0 heterocycles. The minimum Gasteiger partial charge on any atom is -0.481 e. The Labute approximate surface area is 95.6 Å². The van der Waals surface area contributed by atoms with Gasteiger partial charge in [-0.3, -0.25) is 4.79 Å². The maximum Gasteiger partial charge on any atom is 0.303 e. The van der Waals surface area contributed by atoms with Gasteiger partial charge in [0.15, 0.2) is 0 Å². The summed E-state index contributed by atoms with van der Waals surface area (Å²) >= 11 is 0. The summed E-state index contributed by atoms with van der Waals surface area (Å²) in [5.74, 6) is -0.603. The topological polar surface area (TPSA) is 77.8 Å². The zero-order chi connectivity index (χ0) is 12.0. The highest BCUT2D eigenvalue weighted by atomic mass is 16.4. The first kappa shape index (κ1) is 13.2. The van der Waals surface area contributed by atoms with E-state index in [0.29, 0.717) is 19.3 Å². The monoisotopic (exact) mass is 228 g/mol. The molecule has 1 aliphatic carbocycles. The van der Waals surface area contributed by atoms with Gasteiger partial charge >= 0.3 is 5.97 Å². The number of hydrogen-bond donors (Lipinski definition) is 3. The van der Waals surface area contributed by atoms with Crippen molar-refractivity contribution in [2.24, 2.45) is 5.92 Å². The molecule has 0 radical (unpaired) electrons. The largest absolute Gasteiger partial charge is 0.481 e.